The van der Waals surface area contributed by atoms with Gasteiger partial charge in [-0.25, -0.2) is 4.79 Å². The van der Waals surface area contributed by atoms with Crippen molar-refractivity contribution in [3.63, 3.8) is 0 Å². The average molecular weight is 217 g/mol. The van der Waals surface area contributed by atoms with Crippen LogP contribution in [-0.4, -0.2) is 6.03 Å². The molecule has 0 fully saturated rings. The molecule has 1 aliphatic heterocycles. The minimum absolute atomic E-state index is 0.228. The molecule has 16 heavy (non-hydrogen) atoms. The molecular formula is C10H11N5O. The van der Waals surface area contributed by atoms with Crippen LogP contribution < -0.4 is 10.6 Å². The summed E-state index contributed by atoms with van der Waals surface area (Å²) in [5, 5.41) is 9.04. The summed E-state index contributed by atoms with van der Waals surface area (Å²) in [5.41, 5.74) is 10.1. The minimum Gasteiger partial charge on any atom is -0.329 e. The van der Waals surface area contributed by atoms with Crippen LogP contribution in [-0.2, 0) is 5.54 Å². The number of benzene rings is 1. The van der Waals surface area contributed by atoms with Crippen molar-refractivity contribution in [3.05, 3.63) is 34.2 Å². The Morgan fingerprint density at radius 1 is 1.44 bits per heavy atom. The van der Waals surface area contributed by atoms with Crippen molar-refractivity contribution in [1.82, 2.24) is 5.32 Å². The Labute approximate surface area is 92.3 Å². The quantitative estimate of drug-likeness (QED) is 0.422. The standard InChI is InChI=1S/C10H11N5O/c1-10(2)7-5-6(14-15-11)3-4-8(7)12-9(16)13-10/h3-5H,1-2H3,(H2,12,13,16). The zero-order valence-corrected chi connectivity index (χ0v) is 8.98. The Hall–Kier alpha value is -2.20. The number of fused-ring (bicyclic) bond motifs is 1. The predicted octanol–water partition coefficient (Wildman–Crippen LogP) is 3.00. The largest absolute Gasteiger partial charge is 0.329 e. The van der Waals surface area contributed by atoms with Crippen LogP contribution in [0.2, 0.25) is 0 Å². The summed E-state index contributed by atoms with van der Waals surface area (Å²) < 4.78 is 0. The first kappa shape index (κ1) is 10.3. The van der Waals surface area contributed by atoms with E-state index in [0.29, 0.717) is 5.69 Å². The van der Waals surface area contributed by atoms with Gasteiger partial charge in [0.15, 0.2) is 0 Å². The molecule has 0 radical (unpaired) electrons. The van der Waals surface area contributed by atoms with E-state index in [2.05, 4.69) is 20.7 Å². The molecule has 0 unspecified atom stereocenters. The fourth-order valence-electron chi connectivity index (χ4n) is 1.78. The Bertz CT molecular complexity index is 502. The topological polar surface area (TPSA) is 89.9 Å². The lowest BCUT2D eigenvalue weighted by Gasteiger charge is -2.33. The van der Waals surface area contributed by atoms with Crippen LogP contribution in [0.15, 0.2) is 23.3 Å². The molecular weight excluding hydrogens is 206 g/mol. The van der Waals surface area contributed by atoms with Gasteiger partial charge in [-0.3, -0.25) is 0 Å². The molecule has 1 heterocycles. The molecule has 1 aromatic rings. The van der Waals surface area contributed by atoms with Crippen LogP contribution in [0.1, 0.15) is 19.4 Å². The first-order valence-electron chi connectivity index (χ1n) is 4.82. The van der Waals surface area contributed by atoms with Crippen molar-refractivity contribution < 1.29 is 4.79 Å². The first-order chi connectivity index (χ1) is 7.53. The van der Waals surface area contributed by atoms with Gasteiger partial charge in [-0.1, -0.05) is 11.2 Å². The Morgan fingerprint density at radius 3 is 2.88 bits per heavy atom. The van der Waals surface area contributed by atoms with Crippen molar-refractivity contribution in [2.75, 3.05) is 5.32 Å². The number of hydrogen-bond acceptors (Lipinski definition) is 2. The zero-order valence-electron chi connectivity index (χ0n) is 8.98. The van der Waals surface area contributed by atoms with Gasteiger partial charge in [-0.15, -0.1) is 0 Å². The maximum atomic E-state index is 11.3. The molecule has 0 bridgehead atoms. The van der Waals surface area contributed by atoms with Crippen LogP contribution in [0.4, 0.5) is 16.2 Å². The third kappa shape index (κ3) is 1.66. The van der Waals surface area contributed by atoms with Crippen LogP contribution in [0, 0.1) is 0 Å². The molecule has 2 amide bonds. The molecule has 0 saturated heterocycles. The SMILES string of the molecule is CC1(C)NC(=O)Nc2ccc(N=[N+]=[N-])cc21. The molecule has 2 N–H and O–H groups in total. The Morgan fingerprint density at radius 2 is 2.19 bits per heavy atom. The summed E-state index contributed by atoms with van der Waals surface area (Å²) in [6.45, 7) is 3.79. The molecule has 0 spiro atoms. The second-order valence-corrected chi connectivity index (χ2v) is 4.12. The number of urea groups is 1. The van der Waals surface area contributed by atoms with Crippen LogP contribution in [0.3, 0.4) is 0 Å². The summed E-state index contributed by atoms with van der Waals surface area (Å²) in [6.07, 6.45) is 0. The van der Waals surface area contributed by atoms with Gasteiger partial charge in [0.1, 0.15) is 0 Å². The number of hydrogen-bond donors (Lipinski definition) is 2. The molecule has 0 saturated carbocycles. The monoisotopic (exact) mass is 217 g/mol. The zero-order chi connectivity index (χ0) is 11.8. The van der Waals surface area contributed by atoms with Gasteiger partial charge < -0.3 is 10.6 Å². The average Bonchev–Trinajstić information content (AvgIpc) is 2.18. The molecule has 0 aliphatic carbocycles. The van der Waals surface area contributed by atoms with E-state index in [1.54, 1.807) is 18.2 Å². The van der Waals surface area contributed by atoms with E-state index in [1.807, 2.05) is 13.8 Å². The maximum Gasteiger partial charge on any atom is 0.319 e. The van der Waals surface area contributed by atoms with Gasteiger partial charge in [-0.05, 0) is 31.5 Å². The van der Waals surface area contributed by atoms with E-state index in [9.17, 15) is 4.79 Å². The second kappa shape index (κ2) is 3.43. The van der Waals surface area contributed by atoms with Crippen molar-refractivity contribution in [3.8, 4) is 0 Å². The highest BCUT2D eigenvalue weighted by Gasteiger charge is 2.30. The normalized spacial score (nSPS) is 16.5. The Balaban J connectivity index is 2.56. The predicted molar refractivity (Wildman–Crippen MR) is 60.4 cm³/mol. The lowest BCUT2D eigenvalue weighted by molar-refractivity contribution is 0.239. The van der Waals surface area contributed by atoms with E-state index >= 15 is 0 Å². The number of amides is 2. The van der Waals surface area contributed by atoms with Gasteiger partial charge in [0.05, 0.1) is 5.54 Å². The van der Waals surface area contributed by atoms with Crippen molar-refractivity contribution in [2.24, 2.45) is 5.11 Å². The Kier molecular flexibility index (Phi) is 2.21. The molecule has 6 nitrogen and oxygen atoms in total. The lowest BCUT2D eigenvalue weighted by Crippen LogP contribution is -2.47. The summed E-state index contributed by atoms with van der Waals surface area (Å²) >= 11 is 0. The maximum absolute atomic E-state index is 11.3. The molecule has 1 aliphatic rings. The molecule has 82 valence electrons. The number of carbonyl (C=O) groups excluding carboxylic acids is 1. The molecule has 1 aromatic carbocycles. The van der Waals surface area contributed by atoms with Crippen molar-refractivity contribution in [2.45, 2.75) is 19.4 Å². The summed E-state index contributed by atoms with van der Waals surface area (Å²) in [7, 11) is 0. The van der Waals surface area contributed by atoms with Crippen LogP contribution in [0.25, 0.3) is 10.4 Å². The minimum atomic E-state index is -0.474. The van der Waals surface area contributed by atoms with E-state index in [0.717, 1.165) is 11.3 Å². The van der Waals surface area contributed by atoms with Crippen molar-refractivity contribution >= 4 is 17.4 Å². The summed E-state index contributed by atoms with van der Waals surface area (Å²) in [6, 6.07) is 4.94. The number of rotatable bonds is 1. The number of anilines is 1. The van der Waals surface area contributed by atoms with E-state index in [-0.39, 0.29) is 6.03 Å². The molecule has 2 rings (SSSR count). The van der Waals surface area contributed by atoms with E-state index in [1.165, 1.54) is 0 Å². The number of nitrogens with zero attached hydrogens (tertiary/aromatic N) is 3. The number of nitrogens with one attached hydrogen (secondary N) is 2. The molecule has 0 atom stereocenters. The number of azide groups is 1. The summed E-state index contributed by atoms with van der Waals surface area (Å²) in [4.78, 5) is 14.1. The van der Waals surface area contributed by atoms with Crippen LogP contribution in [0.5, 0.6) is 0 Å². The highest BCUT2D eigenvalue weighted by atomic mass is 16.2. The fraction of sp³-hybridized carbons (Fsp3) is 0.300. The van der Waals surface area contributed by atoms with Gasteiger partial charge in [0.25, 0.3) is 0 Å². The van der Waals surface area contributed by atoms with Crippen molar-refractivity contribution in [1.29, 1.82) is 0 Å². The van der Waals surface area contributed by atoms with E-state index in [4.69, 9.17) is 5.53 Å². The summed E-state index contributed by atoms with van der Waals surface area (Å²) in [5.74, 6) is 0. The highest BCUT2D eigenvalue weighted by Crippen LogP contribution is 2.34. The first-order valence-corrected chi connectivity index (χ1v) is 4.82. The van der Waals surface area contributed by atoms with Gasteiger partial charge in [0, 0.05) is 21.8 Å². The third-order valence-electron chi connectivity index (χ3n) is 2.51. The smallest absolute Gasteiger partial charge is 0.319 e. The lowest BCUT2D eigenvalue weighted by atomic mass is 9.90. The fourth-order valence-corrected chi connectivity index (χ4v) is 1.78. The highest BCUT2D eigenvalue weighted by molar-refractivity contribution is 5.94. The van der Waals surface area contributed by atoms with Crippen LogP contribution >= 0.6 is 0 Å². The second-order valence-electron chi connectivity index (χ2n) is 4.12. The van der Waals surface area contributed by atoms with Gasteiger partial charge >= 0.3 is 6.03 Å². The number of carbonyl (C=O) groups is 1. The van der Waals surface area contributed by atoms with Gasteiger partial charge in [0.2, 0.25) is 0 Å². The molecule has 6 heteroatoms. The molecule has 0 aromatic heterocycles. The van der Waals surface area contributed by atoms with Gasteiger partial charge in [-0.2, -0.15) is 0 Å². The third-order valence-corrected chi connectivity index (χ3v) is 2.51. The van der Waals surface area contributed by atoms with E-state index < -0.39 is 5.54 Å².